The van der Waals surface area contributed by atoms with Crippen LogP contribution in [0.1, 0.15) is 45.4 Å². The molecule has 1 N–H and O–H groups in total. The molecule has 0 unspecified atom stereocenters. The molecule has 0 radical (unpaired) electrons. The predicted octanol–water partition coefficient (Wildman–Crippen LogP) is 1.80. The number of nitrogens with zero attached hydrogens (tertiary/aromatic N) is 1. The van der Waals surface area contributed by atoms with Gasteiger partial charge in [0.15, 0.2) is 0 Å². The third-order valence-electron chi connectivity index (χ3n) is 3.67. The summed E-state index contributed by atoms with van der Waals surface area (Å²) in [6.45, 7) is 3.87. The Morgan fingerprint density at radius 1 is 1.41 bits per heavy atom. The lowest BCUT2D eigenvalue weighted by molar-refractivity contribution is -0.133. The number of aliphatic hydroxyl groups is 1. The summed E-state index contributed by atoms with van der Waals surface area (Å²) in [4.78, 5) is 13.8. The van der Waals surface area contributed by atoms with E-state index in [1.807, 2.05) is 4.90 Å². The molecule has 1 heterocycles. The van der Waals surface area contributed by atoms with Crippen molar-refractivity contribution < 1.29 is 9.90 Å². The van der Waals surface area contributed by atoms with Crippen LogP contribution in [0.3, 0.4) is 0 Å². The second kappa shape index (κ2) is 6.66. The van der Waals surface area contributed by atoms with Gasteiger partial charge in [-0.25, -0.2) is 0 Å². The van der Waals surface area contributed by atoms with Crippen molar-refractivity contribution >= 4 is 5.91 Å². The van der Waals surface area contributed by atoms with Crippen LogP contribution in [0.2, 0.25) is 0 Å². The summed E-state index contributed by atoms with van der Waals surface area (Å²) >= 11 is 0. The smallest absolute Gasteiger partial charge is 0.222 e. The van der Waals surface area contributed by atoms with Crippen molar-refractivity contribution in [3.8, 4) is 12.3 Å². The minimum Gasteiger partial charge on any atom is -0.396 e. The first-order chi connectivity index (χ1) is 8.11. The van der Waals surface area contributed by atoms with Crippen LogP contribution in [0.5, 0.6) is 0 Å². The van der Waals surface area contributed by atoms with E-state index in [1.54, 1.807) is 0 Å². The third-order valence-corrected chi connectivity index (χ3v) is 3.67. The third kappa shape index (κ3) is 4.40. The van der Waals surface area contributed by atoms with Crippen LogP contribution in [0.25, 0.3) is 0 Å². The van der Waals surface area contributed by atoms with Crippen molar-refractivity contribution in [2.24, 2.45) is 5.41 Å². The predicted molar refractivity (Wildman–Crippen MR) is 68.3 cm³/mol. The van der Waals surface area contributed by atoms with Crippen molar-refractivity contribution in [1.29, 1.82) is 0 Å². The molecule has 0 saturated carbocycles. The molecule has 96 valence electrons. The zero-order valence-corrected chi connectivity index (χ0v) is 10.7. The van der Waals surface area contributed by atoms with Crippen LogP contribution in [0, 0.1) is 17.8 Å². The number of terminal acetylenes is 1. The molecule has 0 spiro atoms. The van der Waals surface area contributed by atoms with Gasteiger partial charge in [-0.3, -0.25) is 4.79 Å². The van der Waals surface area contributed by atoms with Crippen molar-refractivity contribution in [3.63, 3.8) is 0 Å². The van der Waals surface area contributed by atoms with Crippen molar-refractivity contribution in [3.05, 3.63) is 0 Å². The number of rotatable bonds is 5. The fraction of sp³-hybridized carbons (Fsp3) is 0.786. The van der Waals surface area contributed by atoms with Crippen LogP contribution in [0.15, 0.2) is 0 Å². The van der Waals surface area contributed by atoms with Crippen molar-refractivity contribution in [1.82, 2.24) is 4.90 Å². The minimum absolute atomic E-state index is 0.0141. The lowest BCUT2D eigenvalue weighted by atomic mass is 9.81. The van der Waals surface area contributed by atoms with Gasteiger partial charge in [-0.05, 0) is 31.1 Å². The van der Waals surface area contributed by atoms with E-state index in [1.165, 1.54) is 0 Å². The van der Waals surface area contributed by atoms with Gasteiger partial charge in [0.05, 0.1) is 0 Å². The molecule has 1 fully saturated rings. The Morgan fingerprint density at radius 2 is 2.06 bits per heavy atom. The average molecular weight is 237 g/mol. The first kappa shape index (κ1) is 14.1. The summed E-state index contributed by atoms with van der Waals surface area (Å²) in [5.74, 6) is 2.82. The second-order valence-electron chi connectivity index (χ2n) is 5.26. The number of carbonyl (C=O) groups is 1. The summed E-state index contributed by atoms with van der Waals surface area (Å²) in [6, 6.07) is 0. The van der Waals surface area contributed by atoms with Gasteiger partial charge in [-0.1, -0.05) is 6.92 Å². The summed E-state index contributed by atoms with van der Waals surface area (Å²) in [5, 5.41) is 9.25. The molecule has 3 nitrogen and oxygen atoms in total. The Morgan fingerprint density at radius 3 is 2.59 bits per heavy atom. The fourth-order valence-corrected chi connectivity index (χ4v) is 2.12. The Labute approximate surface area is 104 Å². The number of likely N-dealkylation sites (tertiary alicyclic amines) is 1. The summed E-state index contributed by atoms with van der Waals surface area (Å²) in [6.07, 6.45) is 10.2. The van der Waals surface area contributed by atoms with E-state index in [4.69, 9.17) is 6.42 Å². The Hall–Kier alpha value is -1.01. The van der Waals surface area contributed by atoms with Gasteiger partial charge >= 0.3 is 0 Å². The first-order valence-corrected chi connectivity index (χ1v) is 6.43. The lowest BCUT2D eigenvalue weighted by Crippen LogP contribution is -2.43. The van der Waals surface area contributed by atoms with Crippen LogP contribution < -0.4 is 0 Å². The van der Waals surface area contributed by atoms with Crippen LogP contribution in [0.4, 0.5) is 0 Å². The molecule has 0 atom stereocenters. The second-order valence-corrected chi connectivity index (χ2v) is 5.26. The Kier molecular flexibility index (Phi) is 5.50. The molecule has 1 rings (SSSR count). The molecule has 1 aliphatic heterocycles. The van der Waals surface area contributed by atoms with E-state index in [-0.39, 0.29) is 17.9 Å². The maximum atomic E-state index is 11.9. The molecule has 0 bridgehead atoms. The van der Waals surface area contributed by atoms with Crippen molar-refractivity contribution in [2.45, 2.75) is 45.4 Å². The van der Waals surface area contributed by atoms with E-state index in [2.05, 4.69) is 12.8 Å². The molecular formula is C14H23NO2. The molecule has 0 aromatic heterocycles. The normalized spacial score (nSPS) is 18.8. The molecule has 17 heavy (non-hydrogen) atoms. The average Bonchev–Trinajstić information content (AvgIpc) is 2.35. The van der Waals surface area contributed by atoms with Gasteiger partial charge in [-0.2, -0.15) is 0 Å². The van der Waals surface area contributed by atoms with Gasteiger partial charge in [0, 0.05) is 32.5 Å². The Bertz CT molecular complexity index is 285. The van der Waals surface area contributed by atoms with E-state index in [0.717, 1.165) is 45.2 Å². The van der Waals surface area contributed by atoms with E-state index >= 15 is 0 Å². The fourth-order valence-electron chi connectivity index (χ4n) is 2.12. The van der Waals surface area contributed by atoms with Crippen LogP contribution >= 0.6 is 0 Å². The largest absolute Gasteiger partial charge is 0.396 e. The minimum atomic E-state index is 0.0141. The van der Waals surface area contributed by atoms with Gasteiger partial charge < -0.3 is 10.0 Å². The first-order valence-electron chi connectivity index (χ1n) is 6.43. The monoisotopic (exact) mass is 237 g/mol. The van der Waals surface area contributed by atoms with Gasteiger partial charge in [0.2, 0.25) is 5.91 Å². The molecule has 1 saturated heterocycles. The molecule has 1 aliphatic rings. The highest BCUT2D eigenvalue weighted by atomic mass is 16.3. The van der Waals surface area contributed by atoms with E-state index in [9.17, 15) is 9.90 Å². The standard InChI is InChI=1S/C14H23NO2/c1-3-4-5-6-7-13(17)15-10-8-14(2,12-16)9-11-15/h1,16H,4-12H2,2H3. The lowest BCUT2D eigenvalue weighted by Gasteiger charge is -2.38. The SMILES string of the molecule is C#CCCCCC(=O)N1CCC(C)(CO)CC1. The van der Waals surface area contributed by atoms with Crippen molar-refractivity contribution in [2.75, 3.05) is 19.7 Å². The zero-order chi connectivity index (χ0) is 12.7. The molecule has 3 heteroatoms. The van der Waals surface area contributed by atoms with Crippen LogP contribution in [-0.4, -0.2) is 35.6 Å². The number of unbranched alkanes of at least 4 members (excludes halogenated alkanes) is 2. The molecule has 0 aromatic carbocycles. The van der Waals surface area contributed by atoms with Gasteiger partial charge in [0.25, 0.3) is 0 Å². The number of amides is 1. The Balaban J connectivity index is 2.24. The number of hydrogen-bond acceptors (Lipinski definition) is 2. The summed E-state index contributed by atoms with van der Waals surface area (Å²) in [5.41, 5.74) is 0.0141. The molecule has 1 amide bonds. The zero-order valence-electron chi connectivity index (χ0n) is 10.7. The summed E-state index contributed by atoms with van der Waals surface area (Å²) < 4.78 is 0. The number of hydrogen-bond donors (Lipinski definition) is 1. The van der Waals surface area contributed by atoms with E-state index in [0.29, 0.717) is 6.42 Å². The maximum absolute atomic E-state index is 11.9. The molecule has 0 aliphatic carbocycles. The van der Waals surface area contributed by atoms with Gasteiger partial charge in [-0.15, -0.1) is 12.3 Å². The molecular weight excluding hydrogens is 214 g/mol. The highest BCUT2D eigenvalue weighted by molar-refractivity contribution is 5.76. The quantitative estimate of drug-likeness (QED) is 0.585. The number of aliphatic hydroxyl groups excluding tert-OH is 1. The van der Waals surface area contributed by atoms with E-state index < -0.39 is 0 Å². The maximum Gasteiger partial charge on any atom is 0.222 e. The number of carbonyl (C=O) groups excluding carboxylic acids is 1. The molecule has 0 aromatic rings. The van der Waals surface area contributed by atoms with Gasteiger partial charge in [0.1, 0.15) is 0 Å². The number of piperidine rings is 1. The van der Waals surface area contributed by atoms with Crippen LogP contribution in [-0.2, 0) is 4.79 Å². The highest BCUT2D eigenvalue weighted by Gasteiger charge is 2.30. The summed E-state index contributed by atoms with van der Waals surface area (Å²) in [7, 11) is 0. The highest BCUT2D eigenvalue weighted by Crippen LogP contribution is 2.30. The topological polar surface area (TPSA) is 40.5 Å².